The summed E-state index contributed by atoms with van der Waals surface area (Å²) in [4.78, 5) is 33.9. The predicted molar refractivity (Wildman–Crippen MR) is 108 cm³/mol. The molecule has 0 radical (unpaired) electrons. The number of carbonyl (C=O) groups is 1. The molecule has 0 aliphatic carbocycles. The summed E-state index contributed by atoms with van der Waals surface area (Å²) in [7, 11) is 3.35. The van der Waals surface area contributed by atoms with Crippen LogP contribution >= 0.6 is 0 Å². The van der Waals surface area contributed by atoms with Crippen molar-refractivity contribution in [1.29, 1.82) is 0 Å². The number of fused-ring (bicyclic) bond motifs is 1. The lowest BCUT2D eigenvalue weighted by molar-refractivity contribution is 0.0746. The molecule has 1 saturated heterocycles. The van der Waals surface area contributed by atoms with Gasteiger partial charge in [-0.25, -0.2) is 4.98 Å². The second-order valence-electron chi connectivity index (χ2n) is 6.80. The van der Waals surface area contributed by atoms with Crippen LogP contribution in [0.1, 0.15) is 10.4 Å². The van der Waals surface area contributed by atoms with Crippen molar-refractivity contribution in [2.75, 3.05) is 38.2 Å². The van der Waals surface area contributed by atoms with Crippen LogP contribution in [0, 0.1) is 0 Å². The van der Waals surface area contributed by atoms with E-state index in [-0.39, 0.29) is 11.5 Å². The maximum Gasteiger partial charge on any atom is 0.293 e. The van der Waals surface area contributed by atoms with Crippen LogP contribution in [0.4, 0.5) is 5.82 Å². The summed E-state index contributed by atoms with van der Waals surface area (Å²) in [5.74, 6) is 1.07. The molecule has 28 heavy (non-hydrogen) atoms. The second-order valence-corrected chi connectivity index (χ2v) is 6.80. The number of para-hydroxylation sites is 2. The van der Waals surface area contributed by atoms with Gasteiger partial charge in [-0.15, -0.1) is 0 Å². The number of hydrogen-bond acceptors (Lipinski definition) is 5. The van der Waals surface area contributed by atoms with Gasteiger partial charge in [-0.1, -0.05) is 18.2 Å². The Morgan fingerprint density at radius 2 is 1.79 bits per heavy atom. The molecule has 0 bridgehead atoms. The summed E-state index contributed by atoms with van der Waals surface area (Å²) < 4.78 is 6.83. The van der Waals surface area contributed by atoms with Gasteiger partial charge in [0.1, 0.15) is 5.75 Å². The van der Waals surface area contributed by atoms with Crippen LogP contribution in [0.3, 0.4) is 0 Å². The lowest BCUT2D eigenvalue weighted by Crippen LogP contribution is -2.50. The van der Waals surface area contributed by atoms with Gasteiger partial charge in [-0.3, -0.25) is 9.59 Å². The first-order chi connectivity index (χ1) is 13.6. The smallest absolute Gasteiger partial charge is 0.293 e. The zero-order chi connectivity index (χ0) is 19.7. The lowest BCUT2D eigenvalue weighted by atomic mass is 10.1. The molecule has 4 rings (SSSR count). The van der Waals surface area contributed by atoms with Gasteiger partial charge in [0.15, 0.2) is 5.82 Å². The minimum atomic E-state index is -0.119. The van der Waals surface area contributed by atoms with Crippen molar-refractivity contribution in [1.82, 2.24) is 14.5 Å². The summed E-state index contributed by atoms with van der Waals surface area (Å²) in [6.45, 7) is 2.20. The molecule has 0 atom stereocenters. The van der Waals surface area contributed by atoms with Gasteiger partial charge in [0.25, 0.3) is 11.5 Å². The molecule has 1 amide bonds. The highest BCUT2D eigenvalue weighted by Crippen LogP contribution is 2.18. The Morgan fingerprint density at radius 1 is 1.04 bits per heavy atom. The van der Waals surface area contributed by atoms with Gasteiger partial charge in [-0.2, -0.15) is 0 Å². The van der Waals surface area contributed by atoms with Gasteiger partial charge in [0, 0.05) is 38.8 Å². The molecule has 0 unspecified atom stereocenters. The molecule has 3 aromatic rings. The number of amides is 1. The second kappa shape index (κ2) is 7.34. The Hall–Kier alpha value is -3.35. The minimum absolute atomic E-state index is 0.0297. The minimum Gasteiger partial charge on any atom is -0.497 e. The molecule has 0 N–H and O–H groups in total. The molecule has 1 aliphatic rings. The van der Waals surface area contributed by atoms with Gasteiger partial charge in [-0.05, 0) is 30.3 Å². The standard InChI is InChI=1S/C21H22N4O3/c1-23-18-9-4-3-8-17(18)22-19(21(23)27)24-10-12-25(13-11-24)20(26)15-6-5-7-16(14-15)28-2/h3-9,14H,10-13H2,1-2H3. The third kappa shape index (κ3) is 3.19. The average molecular weight is 378 g/mol. The van der Waals surface area contributed by atoms with Gasteiger partial charge in [0.2, 0.25) is 0 Å². The van der Waals surface area contributed by atoms with Crippen molar-refractivity contribution >= 4 is 22.8 Å². The van der Waals surface area contributed by atoms with E-state index in [1.807, 2.05) is 41.3 Å². The molecule has 144 valence electrons. The normalized spacial score (nSPS) is 14.4. The van der Waals surface area contributed by atoms with Crippen LogP contribution in [0.15, 0.2) is 53.3 Å². The number of carbonyl (C=O) groups excluding carboxylic acids is 1. The summed E-state index contributed by atoms with van der Waals surface area (Å²) in [6, 6.07) is 14.8. The number of ether oxygens (including phenoxy) is 1. The third-order valence-electron chi connectivity index (χ3n) is 5.15. The van der Waals surface area contributed by atoms with E-state index < -0.39 is 0 Å². The summed E-state index contributed by atoms with van der Waals surface area (Å²) in [6.07, 6.45) is 0. The molecule has 2 aromatic carbocycles. The zero-order valence-electron chi connectivity index (χ0n) is 16.0. The monoisotopic (exact) mass is 378 g/mol. The molecular formula is C21H22N4O3. The molecule has 1 aromatic heterocycles. The van der Waals surface area contributed by atoms with Crippen LogP contribution in [0.5, 0.6) is 5.75 Å². The van der Waals surface area contributed by atoms with Crippen LogP contribution in [-0.2, 0) is 7.05 Å². The number of benzene rings is 2. The van der Waals surface area contributed by atoms with Crippen molar-refractivity contribution in [3.05, 3.63) is 64.4 Å². The summed E-state index contributed by atoms with van der Waals surface area (Å²) >= 11 is 0. The fraction of sp³-hybridized carbons (Fsp3) is 0.286. The van der Waals surface area contributed by atoms with E-state index in [1.54, 1.807) is 35.8 Å². The molecular weight excluding hydrogens is 356 g/mol. The summed E-state index contributed by atoms with van der Waals surface area (Å²) in [5, 5.41) is 0. The van der Waals surface area contributed by atoms with Crippen molar-refractivity contribution < 1.29 is 9.53 Å². The fourth-order valence-corrected chi connectivity index (χ4v) is 3.53. The number of aryl methyl sites for hydroxylation is 1. The number of hydrogen-bond donors (Lipinski definition) is 0. The first kappa shape index (κ1) is 18.0. The Labute approximate surface area is 162 Å². The maximum atomic E-state index is 12.8. The van der Waals surface area contributed by atoms with Crippen molar-refractivity contribution in [3.63, 3.8) is 0 Å². The quantitative estimate of drug-likeness (QED) is 0.696. The Kier molecular flexibility index (Phi) is 4.73. The number of piperazine rings is 1. The lowest BCUT2D eigenvalue weighted by Gasteiger charge is -2.35. The van der Waals surface area contributed by atoms with Gasteiger partial charge in [0.05, 0.1) is 18.1 Å². The SMILES string of the molecule is COc1cccc(C(=O)N2CCN(c3nc4ccccc4n(C)c3=O)CC2)c1. The van der Waals surface area contributed by atoms with Gasteiger partial charge < -0.3 is 19.1 Å². The summed E-state index contributed by atoms with van der Waals surface area (Å²) in [5.41, 5.74) is 2.08. The molecule has 7 heteroatoms. The highest BCUT2D eigenvalue weighted by molar-refractivity contribution is 5.94. The van der Waals surface area contributed by atoms with Crippen molar-refractivity contribution in [3.8, 4) is 5.75 Å². The molecule has 2 heterocycles. The van der Waals surface area contributed by atoms with E-state index in [0.29, 0.717) is 43.3 Å². The fourth-order valence-electron chi connectivity index (χ4n) is 3.53. The molecule has 0 spiro atoms. The number of anilines is 1. The highest BCUT2D eigenvalue weighted by atomic mass is 16.5. The first-order valence-corrected chi connectivity index (χ1v) is 9.22. The van der Waals surface area contributed by atoms with E-state index in [0.717, 1.165) is 11.0 Å². The highest BCUT2D eigenvalue weighted by Gasteiger charge is 2.25. The van der Waals surface area contributed by atoms with E-state index in [9.17, 15) is 9.59 Å². The average Bonchev–Trinajstić information content (AvgIpc) is 2.76. The van der Waals surface area contributed by atoms with Crippen LogP contribution < -0.4 is 15.2 Å². The van der Waals surface area contributed by atoms with E-state index in [1.165, 1.54) is 0 Å². The number of methoxy groups -OCH3 is 1. The van der Waals surface area contributed by atoms with Gasteiger partial charge >= 0.3 is 0 Å². The molecule has 1 aliphatic heterocycles. The third-order valence-corrected chi connectivity index (χ3v) is 5.15. The molecule has 1 fully saturated rings. The zero-order valence-corrected chi connectivity index (χ0v) is 16.0. The van der Waals surface area contributed by atoms with Crippen LogP contribution in [0.2, 0.25) is 0 Å². The largest absolute Gasteiger partial charge is 0.497 e. The Morgan fingerprint density at radius 3 is 2.54 bits per heavy atom. The van der Waals surface area contributed by atoms with Crippen LogP contribution in [-0.4, -0.2) is 53.6 Å². The van der Waals surface area contributed by atoms with E-state index >= 15 is 0 Å². The van der Waals surface area contributed by atoms with E-state index in [2.05, 4.69) is 4.98 Å². The van der Waals surface area contributed by atoms with E-state index in [4.69, 9.17) is 4.74 Å². The number of nitrogens with zero attached hydrogens (tertiary/aromatic N) is 4. The Balaban J connectivity index is 1.53. The number of rotatable bonds is 3. The molecule has 7 nitrogen and oxygen atoms in total. The number of aromatic nitrogens is 2. The topological polar surface area (TPSA) is 67.7 Å². The van der Waals surface area contributed by atoms with Crippen molar-refractivity contribution in [2.45, 2.75) is 0 Å². The van der Waals surface area contributed by atoms with Crippen LogP contribution in [0.25, 0.3) is 11.0 Å². The predicted octanol–water partition coefficient (Wildman–Crippen LogP) is 1.90. The maximum absolute atomic E-state index is 12.8. The van der Waals surface area contributed by atoms with Crippen molar-refractivity contribution in [2.24, 2.45) is 7.05 Å². The molecule has 0 saturated carbocycles. The Bertz CT molecular complexity index is 1080. The first-order valence-electron chi connectivity index (χ1n) is 9.22.